The normalized spacial score (nSPS) is 10.6. The maximum Gasteiger partial charge on any atom is 0.277 e. The van der Waals surface area contributed by atoms with Gasteiger partial charge >= 0.3 is 0 Å². The van der Waals surface area contributed by atoms with Crippen molar-refractivity contribution in [2.45, 2.75) is 6.61 Å². The Morgan fingerprint density at radius 1 is 0.929 bits per heavy atom. The molecule has 0 aliphatic carbocycles. The summed E-state index contributed by atoms with van der Waals surface area (Å²) >= 11 is 5.96. The number of hydrogen-bond donors (Lipinski definition) is 1. The van der Waals surface area contributed by atoms with Crippen LogP contribution in [-0.4, -0.2) is 18.7 Å². The number of halogens is 1. The fraction of sp³-hybridized carbons (Fsp3) is 0.0909. The zero-order valence-corrected chi connectivity index (χ0v) is 15.8. The van der Waals surface area contributed by atoms with Crippen molar-refractivity contribution in [2.75, 3.05) is 6.61 Å². The van der Waals surface area contributed by atoms with Gasteiger partial charge in [0.15, 0.2) is 6.61 Å². The maximum absolute atomic E-state index is 11.7. The van der Waals surface area contributed by atoms with Gasteiger partial charge in [-0.2, -0.15) is 5.10 Å². The van der Waals surface area contributed by atoms with E-state index in [0.29, 0.717) is 17.4 Å². The average molecular weight is 395 g/mol. The van der Waals surface area contributed by atoms with E-state index in [0.717, 1.165) is 16.9 Å². The number of para-hydroxylation sites is 1. The molecular formula is C22H19ClN2O3. The predicted octanol–water partition coefficient (Wildman–Crippen LogP) is 4.45. The van der Waals surface area contributed by atoms with Crippen LogP contribution in [0.5, 0.6) is 11.5 Å². The van der Waals surface area contributed by atoms with Gasteiger partial charge in [-0.3, -0.25) is 4.79 Å². The number of amides is 1. The van der Waals surface area contributed by atoms with E-state index in [4.69, 9.17) is 21.1 Å². The largest absolute Gasteiger partial charge is 0.489 e. The molecule has 28 heavy (non-hydrogen) atoms. The van der Waals surface area contributed by atoms with E-state index in [1.54, 1.807) is 18.3 Å². The molecule has 0 aliphatic rings. The van der Waals surface area contributed by atoms with E-state index in [2.05, 4.69) is 10.5 Å². The molecule has 0 radical (unpaired) electrons. The highest BCUT2D eigenvalue weighted by Gasteiger charge is 2.01. The Balaban J connectivity index is 1.42. The van der Waals surface area contributed by atoms with Gasteiger partial charge in [-0.05, 0) is 59.7 Å². The smallest absolute Gasteiger partial charge is 0.277 e. The van der Waals surface area contributed by atoms with Gasteiger partial charge < -0.3 is 9.47 Å². The average Bonchev–Trinajstić information content (AvgIpc) is 2.72. The first-order valence-electron chi connectivity index (χ1n) is 8.66. The quantitative estimate of drug-likeness (QED) is 0.453. The van der Waals surface area contributed by atoms with Gasteiger partial charge in [-0.1, -0.05) is 41.9 Å². The summed E-state index contributed by atoms with van der Waals surface area (Å²) in [4.78, 5) is 11.7. The molecule has 142 valence electrons. The van der Waals surface area contributed by atoms with E-state index in [1.165, 1.54) is 0 Å². The topological polar surface area (TPSA) is 59.9 Å². The van der Waals surface area contributed by atoms with Crippen molar-refractivity contribution in [1.82, 2.24) is 5.43 Å². The Bertz CT molecular complexity index is 928. The Kier molecular flexibility index (Phi) is 7.04. The first kappa shape index (κ1) is 19.5. The summed E-state index contributed by atoms with van der Waals surface area (Å²) in [6.07, 6.45) is 1.56. The molecule has 0 spiro atoms. The van der Waals surface area contributed by atoms with Gasteiger partial charge in [0.2, 0.25) is 0 Å². The van der Waals surface area contributed by atoms with Crippen molar-refractivity contribution in [3.8, 4) is 11.5 Å². The van der Waals surface area contributed by atoms with Gasteiger partial charge in [-0.15, -0.1) is 0 Å². The third-order valence-electron chi connectivity index (χ3n) is 3.69. The minimum Gasteiger partial charge on any atom is -0.489 e. The van der Waals surface area contributed by atoms with Gasteiger partial charge in [0.1, 0.15) is 18.1 Å². The van der Waals surface area contributed by atoms with Crippen LogP contribution < -0.4 is 14.9 Å². The molecule has 1 N–H and O–H groups in total. The number of ether oxygens (including phenoxy) is 2. The molecule has 0 saturated heterocycles. The summed E-state index contributed by atoms with van der Waals surface area (Å²) in [6.45, 7) is 0.336. The number of rotatable bonds is 8. The molecule has 1 amide bonds. The van der Waals surface area contributed by atoms with E-state index in [1.807, 2.05) is 66.7 Å². The standard InChI is InChI=1S/C22H19ClN2O3/c23-19-6-4-5-18(13-19)15-27-21-11-9-17(10-12-21)14-24-25-22(26)16-28-20-7-2-1-3-8-20/h1-14H,15-16H2,(H,25,26)/b24-14+. The summed E-state index contributed by atoms with van der Waals surface area (Å²) in [5, 5.41) is 4.61. The lowest BCUT2D eigenvalue weighted by Gasteiger charge is -2.07. The third-order valence-corrected chi connectivity index (χ3v) is 3.93. The van der Waals surface area contributed by atoms with Crippen LogP contribution in [0.15, 0.2) is 84.0 Å². The Morgan fingerprint density at radius 3 is 2.43 bits per heavy atom. The lowest BCUT2D eigenvalue weighted by molar-refractivity contribution is -0.123. The molecule has 3 rings (SSSR count). The summed E-state index contributed by atoms with van der Waals surface area (Å²) in [5.74, 6) is 1.04. The van der Waals surface area contributed by atoms with Crippen LogP contribution in [0, 0.1) is 0 Å². The zero-order chi connectivity index (χ0) is 19.6. The van der Waals surface area contributed by atoms with Crippen molar-refractivity contribution in [3.63, 3.8) is 0 Å². The van der Waals surface area contributed by atoms with Crippen LogP contribution in [0.3, 0.4) is 0 Å². The van der Waals surface area contributed by atoms with Crippen LogP contribution in [0.1, 0.15) is 11.1 Å². The van der Waals surface area contributed by atoms with Crippen LogP contribution in [-0.2, 0) is 11.4 Å². The van der Waals surface area contributed by atoms with Crippen LogP contribution in [0.25, 0.3) is 0 Å². The first-order valence-corrected chi connectivity index (χ1v) is 9.04. The van der Waals surface area contributed by atoms with Gasteiger partial charge in [0, 0.05) is 5.02 Å². The second-order valence-corrected chi connectivity index (χ2v) is 6.32. The van der Waals surface area contributed by atoms with Crippen LogP contribution in [0.2, 0.25) is 5.02 Å². The highest BCUT2D eigenvalue weighted by atomic mass is 35.5. The third kappa shape index (κ3) is 6.45. The Morgan fingerprint density at radius 2 is 1.68 bits per heavy atom. The molecular weight excluding hydrogens is 376 g/mol. The monoisotopic (exact) mass is 394 g/mol. The summed E-state index contributed by atoms with van der Waals surface area (Å²) in [7, 11) is 0. The minimum atomic E-state index is -0.332. The molecule has 0 aliphatic heterocycles. The molecule has 0 aromatic heterocycles. The second kappa shape index (κ2) is 10.1. The molecule has 5 nitrogen and oxygen atoms in total. The molecule has 0 unspecified atom stereocenters. The highest BCUT2D eigenvalue weighted by Crippen LogP contribution is 2.16. The molecule has 0 bridgehead atoms. The number of nitrogens with zero attached hydrogens (tertiary/aromatic N) is 1. The fourth-order valence-electron chi connectivity index (χ4n) is 2.32. The van der Waals surface area contributed by atoms with Gasteiger partial charge in [-0.25, -0.2) is 5.43 Å². The van der Waals surface area contributed by atoms with Gasteiger partial charge in [0.05, 0.1) is 6.21 Å². The molecule has 3 aromatic carbocycles. The van der Waals surface area contributed by atoms with Crippen molar-refractivity contribution in [2.24, 2.45) is 5.10 Å². The summed E-state index contributed by atoms with van der Waals surface area (Å²) in [5.41, 5.74) is 4.26. The molecule has 0 atom stereocenters. The van der Waals surface area contributed by atoms with Crippen LogP contribution >= 0.6 is 11.6 Å². The minimum absolute atomic E-state index is 0.0996. The van der Waals surface area contributed by atoms with Crippen molar-refractivity contribution >= 4 is 23.7 Å². The summed E-state index contributed by atoms with van der Waals surface area (Å²) in [6, 6.07) is 24.0. The first-order chi connectivity index (χ1) is 13.7. The highest BCUT2D eigenvalue weighted by molar-refractivity contribution is 6.30. The second-order valence-electron chi connectivity index (χ2n) is 5.88. The van der Waals surface area contributed by atoms with Crippen molar-refractivity contribution < 1.29 is 14.3 Å². The number of carbonyl (C=O) groups excluding carboxylic acids is 1. The Hall–Kier alpha value is -3.31. The molecule has 3 aromatic rings. The number of nitrogens with one attached hydrogen (secondary N) is 1. The molecule has 0 heterocycles. The fourth-order valence-corrected chi connectivity index (χ4v) is 2.53. The summed E-state index contributed by atoms with van der Waals surface area (Å²) < 4.78 is 11.1. The zero-order valence-electron chi connectivity index (χ0n) is 15.0. The Labute approximate surface area is 168 Å². The van der Waals surface area contributed by atoms with E-state index >= 15 is 0 Å². The molecule has 0 fully saturated rings. The molecule has 6 heteroatoms. The predicted molar refractivity (Wildman–Crippen MR) is 110 cm³/mol. The number of benzene rings is 3. The van der Waals surface area contributed by atoms with E-state index < -0.39 is 0 Å². The molecule has 0 saturated carbocycles. The number of hydrogen-bond acceptors (Lipinski definition) is 4. The number of hydrazone groups is 1. The van der Waals surface area contributed by atoms with E-state index in [-0.39, 0.29) is 12.5 Å². The lowest BCUT2D eigenvalue weighted by atomic mass is 10.2. The lowest BCUT2D eigenvalue weighted by Crippen LogP contribution is -2.24. The van der Waals surface area contributed by atoms with Crippen molar-refractivity contribution in [3.05, 3.63) is 95.0 Å². The number of carbonyl (C=O) groups is 1. The van der Waals surface area contributed by atoms with Gasteiger partial charge in [0.25, 0.3) is 5.91 Å². The van der Waals surface area contributed by atoms with E-state index in [9.17, 15) is 4.79 Å². The SMILES string of the molecule is O=C(COc1ccccc1)N/N=C/c1ccc(OCc2cccc(Cl)c2)cc1. The van der Waals surface area contributed by atoms with Crippen molar-refractivity contribution in [1.29, 1.82) is 0 Å². The maximum atomic E-state index is 11.7. The van der Waals surface area contributed by atoms with Crippen LogP contribution in [0.4, 0.5) is 0 Å².